The summed E-state index contributed by atoms with van der Waals surface area (Å²) in [5, 5.41) is 4.52. The van der Waals surface area contributed by atoms with Gasteiger partial charge in [0.2, 0.25) is 0 Å². The van der Waals surface area contributed by atoms with Crippen LogP contribution in [0.15, 0.2) is 36.7 Å². The summed E-state index contributed by atoms with van der Waals surface area (Å²) in [5.74, 6) is 0.629. The molecule has 1 saturated heterocycles. The fourth-order valence-electron chi connectivity index (χ4n) is 4.01. The van der Waals surface area contributed by atoms with Crippen molar-refractivity contribution in [2.24, 2.45) is 7.05 Å². The molecule has 0 amide bonds. The number of aryl methyl sites for hydroxylation is 2. The molecule has 1 aliphatic rings. The number of nitrogens with zero attached hydrogens (tertiary/aromatic N) is 6. The van der Waals surface area contributed by atoms with Crippen molar-refractivity contribution in [3.63, 3.8) is 0 Å². The van der Waals surface area contributed by atoms with E-state index in [1.54, 1.807) is 24.5 Å². The van der Waals surface area contributed by atoms with Gasteiger partial charge < -0.3 is 4.90 Å². The minimum absolute atomic E-state index is 0. The number of piperazine rings is 1. The van der Waals surface area contributed by atoms with Crippen molar-refractivity contribution in [2.75, 3.05) is 37.6 Å². The molecular weight excluding hydrogens is 403 g/mol. The van der Waals surface area contributed by atoms with Crippen molar-refractivity contribution in [3.8, 4) is 11.3 Å². The van der Waals surface area contributed by atoms with Gasteiger partial charge in [-0.2, -0.15) is 5.10 Å². The van der Waals surface area contributed by atoms with Gasteiger partial charge in [0, 0.05) is 63.4 Å². The maximum Gasteiger partial charge on any atom is 0.155 e. The average Bonchev–Trinajstić information content (AvgIpc) is 2.99. The zero-order chi connectivity index (χ0) is 20.4. The Morgan fingerprint density at radius 1 is 0.967 bits per heavy atom. The third-order valence-corrected chi connectivity index (χ3v) is 5.81. The fraction of sp³-hybridized carbons (Fsp3) is 0.409. The van der Waals surface area contributed by atoms with Crippen LogP contribution in [0.3, 0.4) is 0 Å². The molecule has 2 aromatic heterocycles. The zero-order valence-corrected chi connectivity index (χ0v) is 18.5. The predicted octanol–water partition coefficient (Wildman–Crippen LogP) is 3.42. The van der Waals surface area contributed by atoms with Crippen LogP contribution in [0.25, 0.3) is 11.3 Å². The molecule has 0 bridgehead atoms. The van der Waals surface area contributed by atoms with Gasteiger partial charge in [-0.3, -0.25) is 14.6 Å². The summed E-state index contributed by atoms with van der Waals surface area (Å²) < 4.78 is 15.3. The summed E-state index contributed by atoms with van der Waals surface area (Å²) in [5.41, 5.74) is 5.45. The Morgan fingerprint density at radius 3 is 2.27 bits per heavy atom. The highest BCUT2D eigenvalue weighted by atomic mass is 35.5. The van der Waals surface area contributed by atoms with E-state index in [1.807, 2.05) is 11.7 Å². The summed E-state index contributed by atoms with van der Waals surface area (Å²) >= 11 is 0. The molecule has 6 nitrogen and oxygen atoms in total. The molecule has 1 fully saturated rings. The van der Waals surface area contributed by atoms with Gasteiger partial charge in [0.25, 0.3) is 0 Å². The summed E-state index contributed by atoms with van der Waals surface area (Å²) in [6.07, 6.45) is 4.44. The van der Waals surface area contributed by atoms with Crippen molar-refractivity contribution in [1.29, 1.82) is 0 Å². The lowest BCUT2D eigenvalue weighted by Gasteiger charge is -2.36. The zero-order valence-electron chi connectivity index (χ0n) is 17.7. The number of halogens is 2. The summed E-state index contributed by atoms with van der Waals surface area (Å²) in [4.78, 5) is 13.9. The first-order valence-electron chi connectivity index (χ1n) is 10.1. The second-order valence-electron chi connectivity index (χ2n) is 7.59. The number of rotatable bonds is 5. The SMILES string of the molecule is Cc1nn(C)c(C)c1CCN1CCN(c2nccnc2-c2ccc(F)cc2)CC1.Cl. The Hall–Kier alpha value is -2.51. The highest BCUT2D eigenvalue weighted by Crippen LogP contribution is 2.27. The van der Waals surface area contributed by atoms with Crippen molar-refractivity contribution in [2.45, 2.75) is 20.3 Å². The number of benzene rings is 1. The molecule has 1 aromatic carbocycles. The second-order valence-corrected chi connectivity index (χ2v) is 7.59. The molecule has 1 aliphatic heterocycles. The van der Waals surface area contributed by atoms with Crippen LogP contribution >= 0.6 is 12.4 Å². The van der Waals surface area contributed by atoms with E-state index in [0.717, 1.165) is 61.9 Å². The lowest BCUT2D eigenvalue weighted by atomic mass is 10.1. The maximum absolute atomic E-state index is 13.3. The van der Waals surface area contributed by atoms with Crippen molar-refractivity contribution < 1.29 is 4.39 Å². The van der Waals surface area contributed by atoms with E-state index in [1.165, 1.54) is 23.4 Å². The van der Waals surface area contributed by atoms with E-state index in [4.69, 9.17) is 0 Å². The Balaban J connectivity index is 0.00000256. The van der Waals surface area contributed by atoms with Crippen LogP contribution in [0, 0.1) is 19.7 Å². The molecule has 0 spiro atoms. The molecule has 4 rings (SSSR count). The number of hydrogen-bond donors (Lipinski definition) is 0. The minimum Gasteiger partial charge on any atom is -0.352 e. The van der Waals surface area contributed by atoms with Crippen LogP contribution < -0.4 is 4.90 Å². The van der Waals surface area contributed by atoms with Crippen LogP contribution in [-0.2, 0) is 13.5 Å². The number of anilines is 1. The molecule has 0 aliphatic carbocycles. The second kappa shape index (κ2) is 9.53. The average molecular weight is 431 g/mol. The molecule has 3 heterocycles. The smallest absolute Gasteiger partial charge is 0.155 e. The first-order valence-corrected chi connectivity index (χ1v) is 10.1. The van der Waals surface area contributed by atoms with Gasteiger partial charge in [0.05, 0.1) is 5.69 Å². The van der Waals surface area contributed by atoms with E-state index < -0.39 is 0 Å². The molecule has 0 unspecified atom stereocenters. The highest BCUT2D eigenvalue weighted by molar-refractivity contribution is 5.85. The van der Waals surface area contributed by atoms with E-state index in [9.17, 15) is 4.39 Å². The van der Waals surface area contributed by atoms with E-state index >= 15 is 0 Å². The maximum atomic E-state index is 13.3. The molecule has 160 valence electrons. The van der Waals surface area contributed by atoms with Crippen LogP contribution in [-0.4, -0.2) is 57.4 Å². The quantitative estimate of drug-likeness (QED) is 0.620. The first-order chi connectivity index (χ1) is 14.0. The predicted molar refractivity (Wildman–Crippen MR) is 120 cm³/mol. The first kappa shape index (κ1) is 22.2. The Kier molecular flexibility index (Phi) is 7.05. The molecule has 30 heavy (non-hydrogen) atoms. The largest absolute Gasteiger partial charge is 0.352 e. The number of aromatic nitrogens is 4. The Labute approximate surface area is 183 Å². The van der Waals surface area contributed by atoms with Crippen LogP contribution in [0.2, 0.25) is 0 Å². The lowest BCUT2D eigenvalue weighted by Crippen LogP contribution is -2.47. The topological polar surface area (TPSA) is 50.1 Å². The molecule has 3 aromatic rings. The molecule has 0 saturated carbocycles. The van der Waals surface area contributed by atoms with E-state index in [-0.39, 0.29) is 18.2 Å². The summed E-state index contributed by atoms with van der Waals surface area (Å²) in [6, 6.07) is 6.46. The molecule has 0 N–H and O–H groups in total. The molecule has 0 atom stereocenters. The standard InChI is InChI=1S/C22H27FN6.ClH/c1-16-20(17(2)27(3)26-16)8-11-28-12-14-29(15-13-28)22-21(24-9-10-25-22)18-4-6-19(23)7-5-18;/h4-7,9-10H,8,11-15H2,1-3H3;1H. The van der Waals surface area contributed by atoms with Crippen LogP contribution in [0.5, 0.6) is 0 Å². The van der Waals surface area contributed by atoms with Crippen molar-refractivity contribution in [1.82, 2.24) is 24.6 Å². The monoisotopic (exact) mass is 430 g/mol. The van der Waals surface area contributed by atoms with Crippen LogP contribution in [0.4, 0.5) is 10.2 Å². The molecule has 0 radical (unpaired) electrons. The third-order valence-electron chi connectivity index (χ3n) is 5.81. The van der Waals surface area contributed by atoms with E-state index in [0.29, 0.717) is 0 Å². The highest BCUT2D eigenvalue weighted by Gasteiger charge is 2.22. The van der Waals surface area contributed by atoms with Crippen LogP contribution in [0.1, 0.15) is 17.0 Å². The summed E-state index contributed by atoms with van der Waals surface area (Å²) in [6.45, 7) is 9.03. The van der Waals surface area contributed by atoms with Gasteiger partial charge in [-0.05, 0) is 50.1 Å². The van der Waals surface area contributed by atoms with Crippen molar-refractivity contribution in [3.05, 3.63) is 59.4 Å². The van der Waals surface area contributed by atoms with E-state index in [2.05, 4.69) is 38.7 Å². The van der Waals surface area contributed by atoms with Gasteiger partial charge in [0.15, 0.2) is 5.82 Å². The third kappa shape index (κ3) is 4.63. The molecular formula is C22H28ClFN6. The Morgan fingerprint density at radius 2 is 1.63 bits per heavy atom. The lowest BCUT2D eigenvalue weighted by molar-refractivity contribution is 0.260. The summed E-state index contributed by atoms with van der Waals surface area (Å²) in [7, 11) is 2.00. The Bertz CT molecular complexity index is 980. The fourth-order valence-corrected chi connectivity index (χ4v) is 4.01. The minimum atomic E-state index is -0.244. The van der Waals surface area contributed by atoms with Gasteiger partial charge in [-0.15, -0.1) is 12.4 Å². The van der Waals surface area contributed by atoms with Gasteiger partial charge >= 0.3 is 0 Å². The van der Waals surface area contributed by atoms with Gasteiger partial charge in [-0.25, -0.2) is 9.37 Å². The van der Waals surface area contributed by atoms with Gasteiger partial charge in [0.1, 0.15) is 11.5 Å². The number of hydrogen-bond acceptors (Lipinski definition) is 5. The normalized spacial score (nSPS) is 14.6. The van der Waals surface area contributed by atoms with Gasteiger partial charge in [-0.1, -0.05) is 0 Å². The molecule has 8 heteroatoms. The van der Waals surface area contributed by atoms with Crippen molar-refractivity contribution >= 4 is 18.2 Å².